The van der Waals surface area contributed by atoms with E-state index in [9.17, 15) is 0 Å². The van der Waals surface area contributed by atoms with E-state index in [0.717, 1.165) is 16.9 Å². The summed E-state index contributed by atoms with van der Waals surface area (Å²) in [6.45, 7) is 21.1. The van der Waals surface area contributed by atoms with Gasteiger partial charge in [0.25, 0.3) is 6.33 Å². The summed E-state index contributed by atoms with van der Waals surface area (Å²) in [5.74, 6) is 0. The normalized spacial score (nSPS) is 16.4. The molecule has 2 aromatic heterocycles. The zero-order valence-electron chi connectivity index (χ0n) is 30.3. The molecule has 49 heavy (non-hydrogen) atoms. The van der Waals surface area contributed by atoms with Crippen LogP contribution < -0.4 is 4.57 Å². The number of fused-ring (bicyclic) bond motifs is 3. The van der Waals surface area contributed by atoms with Crippen LogP contribution in [0.15, 0.2) is 97.2 Å². The van der Waals surface area contributed by atoms with Gasteiger partial charge >= 0.3 is 20.1 Å². The van der Waals surface area contributed by atoms with Crippen molar-refractivity contribution in [3.63, 3.8) is 0 Å². The number of hydrogen-bond acceptors (Lipinski definition) is 1. The number of pyridine rings is 1. The Morgan fingerprint density at radius 1 is 0.755 bits per heavy atom. The summed E-state index contributed by atoms with van der Waals surface area (Å²) in [7, 11) is 0. The summed E-state index contributed by atoms with van der Waals surface area (Å²) in [6, 6.07) is 39.1. The summed E-state index contributed by atoms with van der Waals surface area (Å²) in [5, 5.41) is 0. The van der Waals surface area contributed by atoms with Gasteiger partial charge in [0.15, 0.2) is 0 Å². The van der Waals surface area contributed by atoms with Crippen molar-refractivity contribution < 1.29 is 24.7 Å². The van der Waals surface area contributed by atoms with E-state index in [1.54, 1.807) is 6.20 Å². The zero-order chi connectivity index (χ0) is 34.1. The van der Waals surface area contributed by atoms with Gasteiger partial charge in [-0.15, -0.1) is 47.0 Å². The predicted octanol–water partition coefficient (Wildman–Crippen LogP) is 10.3. The first-order valence-corrected chi connectivity index (χ1v) is 17.3. The minimum atomic E-state index is -0.117. The van der Waals surface area contributed by atoms with Crippen molar-refractivity contribution in [2.45, 2.75) is 96.8 Å². The van der Waals surface area contributed by atoms with E-state index in [1.807, 2.05) is 42.5 Å². The van der Waals surface area contributed by atoms with Gasteiger partial charge in [0.1, 0.15) is 0 Å². The number of rotatable bonds is 2. The maximum atomic E-state index is 4.22. The summed E-state index contributed by atoms with van der Waals surface area (Å²) in [4.78, 5) is 4.22. The summed E-state index contributed by atoms with van der Waals surface area (Å²) < 4.78 is 4.53. The van der Waals surface area contributed by atoms with Gasteiger partial charge in [0, 0.05) is 6.20 Å². The molecule has 4 aromatic carbocycles. The number of para-hydroxylation sites is 1. The molecule has 1 aliphatic heterocycles. The van der Waals surface area contributed by atoms with Crippen LogP contribution >= 0.6 is 0 Å². The Morgan fingerprint density at radius 3 is 2.12 bits per heavy atom. The van der Waals surface area contributed by atoms with Crippen molar-refractivity contribution in [2.24, 2.45) is 0 Å². The molecule has 8 rings (SSSR count). The SMILES string of the molecule is CC(C)(C)c1ccc(-n2[c-][n+]3c4c(cccc42)C(C)(C)c2cc4c([c-]c2-3)C(C)(C)CCC4(C)C)cc1.[Ir+3].[c-]1ccccc1-c1ccccn1. The second-order valence-electron chi connectivity index (χ2n) is 16.4. The maximum absolute atomic E-state index is 4.22. The topological polar surface area (TPSA) is 21.7 Å². The fourth-order valence-corrected chi connectivity index (χ4v) is 7.49. The number of hydrogen-bond donors (Lipinski definition) is 0. The molecule has 0 radical (unpaired) electrons. The Bertz CT molecular complexity index is 2080. The molecule has 0 N–H and O–H groups in total. The van der Waals surface area contributed by atoms with Crippen LogP contribution in [-0.4, -0.2) is 9.55 Å². The van der Waals surface area contributed by atoms with Crippen molar-refractivity contribution in [3.8, 4) is 22.6 Å². The van der Waals surface area contributed by atoms with Crippen molar-refractivity contribution in [3.05, 3.63) is 143 Å². The van der Waals surface area contributed by atoms with E-state index in [0.29, 0.717) is 0 Å². The van der Waals surface area contributed by atoms with Gasteiger partial charge in [-0.3, -0.25) is 4.57 Å². The largest absolute Gasteiger partial charge is 3.00 e. The van der Waals surface area contributed by atoms with Gasteiger partial charge in [-0.2, -0.15) is 17.7 Å². The quantitative estimate of drug-likeness (QED) is 0.126. The van der Waals surface area contributed by atoms with Gasteiger partial charge in [-0.25, -0.2) is 0 Å². The molecule has 0 saturated heterocycles. The van der Waals surface area contributed by atoms with Crippen molar-refractivity contribution in [1.29, 1.82) is 0 Å². The Morgan fingerprint density at radius 2 is 1.47 bits per heavy atom. The average molecular weight is 822 g/mol. The third kappa shape index (κ3) is 6.13. The molecular formula is C45H47IrN3+. The molecule has 3 nitrogen and oxygen atoms in total. The second-order valence-corrected chi connectivity index (χ2v) is 16.4. The van der Waals surface area contributed by atoms with E-state index in [2.05, 4.69) is 143 Å². The Kier molecular flexibility index (Phi) is 8.91. The fourth-order valence-electron chi connectivity index (χ4n) is 7.49. The van der Waals surface area contributed by atoms with Crippen LogP contribution in [0.25, 0.3) is 33.7 Å². The summed E-state index contributed by atoms with van der Waals surface area (Å²) in [6.07, 6.45) is 7.94. The van der Waals surface area contributed by atoms with Crippen LogP contribution in [0.3, 0.4) is 0 Å². The first-order valence-electron chi connectivity index (χ1n) is 17.3. The Hall–Kier alpha value is -3.85. The van der Waals surface area contributed by atoms with E-state index < -0.39 is 0 Å². The molecule has 6 aromatic rings. The molecule has 0 unspecified atom stereocenters. The van der Waals surface area contributed by atoms with Crippen LogP contribution in [-0.2, 0) is 41.8 Å². The minimum Gasteiger partial charge on any atom is -0.314 e. The zero-order valence-corrected chi connectivity index (χ0v) is 32.7. The molecule has 4 heteroatoms. The molecule has 0 bridgehead atoms. The molecule has 0 spiro atoms. The molecule has 2 aliphatic rings. The number of nitrogens with zero attached hydrogens (tertiary/aromatic N) is 3. The number of aromatic nitrogens is 3. The molecule has 0 atom stereocenters. The molecule has 0 amide bonds. The molecule has 250 valence electrons. The van der Waals surface area contributed by atoms with Gasteiger partial charge in [0.2, 0.25) is 0 Å². The Balaban J connectivity index is 0.000000270. The van der Waals surface area contributed by atoms with Crippen molar-refractivity contribution in [1.82, 2.24) is 9.55 Å². The van der Waals surface area contributed by atoms with Crippen LogP contribution in [0.1, 0.15) is 103 Å². The van der Waals surface area contributed by atoms with Crippen LogP contribution in [0.4, 0.5) is 0 Å². The summed E-state index contributed by atoms with van der Waals surface area (Å²) >= 11 is 0. The van der Waals surface area contributed by atoms with Crippen molar-refractivity contribution in [2.75, 3.05) is 0 Å². The number of benzene rings is 4. The van der Waals surface area contributed by atoms with Crippen molar-refractivity contribution >= 4 is 11.0 Å². The van der Waals surface area contributed by atoms with E-state index in [4.69, 9.17) is 0 Å². The number of imidazole rings is 1. The molecule has 0 fully saturated rings. The average Bonchev–Trinajstić information content (AvgIpc) is 3.47. The second kappa shape index (κ2) is 12.5. The van der Waals surface area contributed by atoms with E-state index in [1.165, 1.54) is 57.4 Å². The standard InChI is InChI=1S/C34H39N2.C11H8N.Ir/c1-31(2,3)22-13-15-23(16-14-22)35-21-36-29-20-26-25(32(4,5)17-18-33(26,6)7)19-27(29)34(8,9)24-11-10-12-28(35)30(24)36;1-2-6-10(7-3-1)11-8-4-5-9-12-11;/h10-16,19H,17-18H2,1-9H3;1-6,8-9H;/q2*-1;+3. The first-order chi connectivity index (χ1) is 22.7. The van der Waals surface area contributed by atoms with Crippen LogP contribution in [0.5, 0.6) is 0 Å². The third-order valence-electron chi connectivity index (χ3n) is 10.7. The van der Waals surface area contributed by atoms with Gasteiger partial charge in [-0.05, 0) is 63.4 Å². The maximum Gasteiger partial charge on any atom is 3.00 e. The fraction of sp³-hybridized carbons (Fsp3) is 0.333. The van der Waals surface area contributed by atoms with Gasteiger partial charge in [-0.1, -0.05) is 117 Å². The third-order valence-corrected chi connectivity index (χ3v) is 10.7. The van der Waals surface area contributed by atoms with Gasteiger partial charge in [0.05, 0.1) is 16.7 Å². The smallest absolute Gasteiger partial charge is 0.314 e. The van der Waals surface area contributed by atoms with E-state index >= 15 is 0 Å². The monoisotopic (exact) mass is 822 g/mol. The molecular weight excluding hydrogens is 775 g/mol. The molecule has 0 saturated carbocycles. The molecule has 1 aliphatic carbocycles. The first kappa shape index (κ1) is 35.0. The van der Waals surface area contributed by atoms with Crippen LogP contribution in [0, 0.1) is 18.5 Å². The molecule has 3 heterocycles. The predicted molar refractivity (Wildman–Crippen MR) is 197 cm³/mol. The Labute approximate surface area is 306 Å². The minimum absolute atomic E-state index is 0. The van der Waals surface area contributed by atoms with E-state index in [-0.39, 0.29) is 41.8 Å². The van der Waals surface area contributed by atoms with Crippen LogP contribution in [0.2, 0.25) is 0 Å². The summed E-state index contributed by atoms with van der Waals surface area (Å²) in [5.41, 5.74) is 14.0. The van der Waals surface area contributed by atoms with Gasteiger partial charge < -0.3 is 9.55 Å².